The average Bonchev–Trinajstić information content (AvgIpc) is 3.71. The molecule has 2 aromatic heterocycles. The number of carbonyl (C=O) groups excluding carboxylic acids is 1. The number of ether oxygens (including phenoxy) is 2. The molecule has 1 unspecified atom stereocenters. The largest absolute Gasteiger partial charge is 0.493 e. The van der Waals surface area contributed by atoms with Crippen molar-refractivity contribution in [3.8, 4) is 22.9 Å². The quantitative estimate of drug-likeness (QED) is 0.135. The van der Waals surface area contributed by atoms with Crippen LogP contribution in [0, 0.1) is 0 Å². The molecule has 6 rings (SSSR count). The molecular weight excluding hydrogens is 639 g/mol. The van der Waals surface area contributed by atoms with Crippen molar-refractivity contribution in [3.05, 3.63) is 60.8 Å². The molecule has 47 heavy (non-hydrogen) atoms. The van der Waals surface area contributed by atoms with E-state index >= 15 is 0 Å². The highest BCUT2D eigenvalue weighted by molar-refractivity contribution is 5.96. The van der Waals surface area contributed by atoms with Crippen molar-refractivity contribution < 1.29 is 14.3 Å². The number of anilines is 3. The van der Waals surface area contributed by atoms with Gasteiger partial charge in [-0.25, -0.2) is 9.97 Å². The fourth-order valence-corrected chi connectivity index (χ4v) is 5.70. The number of H-pyrrole nitrogens is 1. The molecular formula is C34H42Cl2N8O3. The number of rotatable bonds is 12. The van der Waals surface area contributed by atoms with E-state index in [0.29, 0.717) is 53.4 Å². The third-order valence-electron chi connectivity index (χ3n) is 8.21. The highest BCUT2D eigenvalue weighted by Crippen LogP contribution is 2.37. The summed E-state index contributed by atoms with van der Waals surface area (Å²) in [6.07, 6.45) is 4.20. The van der Waals surface area contributed by atoms with Crippen molar-refractivity contribution in [3.63, 3.8) is 0 Å². The maximum absolute atomic E-state index is 12.3. The van der Waals surface area contributed by atoms with Crippen LogP contribution in [0.25, 0.3) is 33.2 Å². The lowest BCUT2D eigenvalue weighted by atomic mass is 10.1. The number of halogens is 2. The molecule has 0 saturated carbocycles. The van der Waals surface area contributed by atoms with E-state index in [1.54, 1.807) is 13.3 Å². The summed E-state index contributed by atoms with van der Waals surface area (Å²) in [5.41, 5.74) is 3.99. The summed E-state index contributed by atoms with van der Waals surface area (Å²) in [6, 6.07) is 18.0. The summed E-state index contributed by atoms with van der Waals surface area (Å²) in [6.45, 7) is 5.46. The Hall–Kier alpha value is -4.16. The molecule has 250 valence electrons. The van der Waals surface area contributed by atoms with Crippen molar-refractivity contribution in [2.75, 3.05) is 58.1 Å². The first kappa shape index (κ1) is 35.7. The molecule has 11 nitrogen and oxygen atoms in total. The zero-order valence-electron chi connectivity index (χ0n) is 27.1. The molecule has 0 bridgehead atoms. The number of nitrogens with one attached hydrogen (secondary N) is 3. The van der Waals surface area contributed by atoms with Crippen LogP contribution in [0.4, 0.5) is 17.2 Å². The van der Waals surface area contributed by atoms with Gasteiger partial charge < -0.3 is 25.0 Å². The van der Waals surface area contributed by atoms with Gasteiger partial charge in [0.25, 0.3) is 0 Å². The molecule has 5 aromatic rings. The van der Waals surface area contributed by atoms with Crippen LogP contribution in [0.1, 0.15) is 26.2 Å². The monoisotopic (exact) mass is 680 g/mol. The Bertz CT molecular complexity index is 1820. The molecule has 0 radical (unpaired) electrons. The Labute approximate surface area is 287 Å². The lowest BCUT2D eigenvalue weighted by molar-refractivity contribution is -0.116. The van der Waals surface area contributed by atoms with Crippen LogP contribution in [0.3, 0.4) is 0 Å². The summed E-state index contributed by atoms with van der Waals surface area (Å²) in [5.74, 6) is 2.36. The summed E-state index contributed by atoms with van der Waals surface area (Å²) in [5, 5.41) is 15.4. The van der Waals surface area contributed by atoms with Crippen molar-refractivity contribution >= 4 is 69.7 Å². The van der Waals surface area contributed by atoms with Gasteiger partial charge in [-0.1, -0.05) is 19.1 Å². The first-order valence-electron chi connectivity index (χ1n) is 15.4. The summed E-state index contributed by atoms with van der Waals surface area (Å²) in [4.78, 5) is 26.9. The van der Waals surface area contributed by atoms with Crippen molar-refractivity contribution in [2.45, 2.75) is 32.2 Å². The molecule has 1 atom stereocenters. The van der Waals surface area contributed by atoms with E-state index in [0.717, 1.165) is 53.6 Å². The smallest absolute Gasteiger partial charge is 0.224 e. The number of aromatic nitrogens is 4. The number of aromatic amines is 1. The van der Waals surface area contributed by atoms with Crippen molar-refractivity contribution in [2.24, 2.45) is 0 Å². The fraction of sp³-hybridized carbons (Fsp3) is 0.353. The van der Waals surface area contributed by atoms with Gasteiger partial charge in [0.2, 0.25) is 5.91 Å². The standard InChI is InChI=1S/C34H40N8O3.2ClH/c1-5-7-32(43)36-24-9-6-8-22(16-24)33-38-29-19-30(44-4)31(45-15-14-42-13-12-26(21-42)41(2)3)18-27(29)34(39-33)37-25-10-11-28-23(17-25)20-35-40-28;;/h6,8-11,16-20,26H,5,7,12-15,21H2,1-4H3,(H,35,40)(H,36,43)(H,37,38,39);2*1H. The van der Waals surface area contributed by atoms with Crippen LogP contribution in [-0.2, 0) is 4.79 Å². The molecule has 1 aliphatic heterocycles. The second-order valence-electron chi connectivity index (χ2n) is 11.6. The van der Waals surface area contributed by atoms with Crippen LogP contribution in [-0.4, -0.2) is 89.4 Å². The maximum atomic E-state index is 12.3. The van der Waals surface area contributed by atoms with E-state index in [-0.39, 0.29) is 30.7 Å². The number of benzene rings is 3. The topological polar surface area (TPSA) is 121 Å². The van der Waals surface area contributed by atoms with Crippen LogP contribution in [0.15, 0.2) is 60.8 Å². The third kappa shape index (κ3) is 8.41. The molecule has 0 aliphatic carbocycles. The molecule has 0 spiro atoms. The van der Waals surface area contributed by atoms with Crippen LogP contribution in [0.5, 0.6) is 11.5 Å². The lowest BCUT2D eigenvalue weighted by Gasteiger charge is -2.21. The maximum Gasteiger partial charge on any atom is 0.224 e. The van der Waals surface area contributed by atoms with Gasteiger partial charge in [-0.05, 0) is 69.9 Å². The lowest BCUT2D eigenvalue weighted by Crippen LogP contribution is -2.33. The van der Waals surface area contributed by atoms with Crippen LogP contribution >= 0.6 is 24.8 Å². The number of likely N-dealkylation sites (N-methyl/N-ethyl adjacent to an activating group) is 1. The Morgan fingerprint density at radius 3 is 2.68 bits per heavy atom. The van der Waals surface area contributed by atoms with Gasteiger partial charge >= 0.3 is 0 Å². The number of hydrogen-bond donors (Lipinski definition) is 3. The van der Waals surface area contributed by atoms with E-state index in [1.807, 2.05) is 61.5 Å². The first-order chi connectivity index (χ1) is 21.9. The number of likely N-dealkylation sites (tertiary alicyclic amines) is 1. The fourth-order valence-electron chi connectivity index (χ4n) is 5.70. The Balaban J connectivity index is 0.00000250. The molecule has 1 saturated heterocycles. The van der Waals surface area contributed by atoms with Gasteiger partial charge in [-0.2, -0.15) is 5.10 Å². The van der Waals surface area contributed by atoms with Gasteiger partial charge in [-0.3, -0.25) is 14.8 Å². The molecule has 3 heterocycles. The number of methoxy groups -OCH3 is 1. The van der Waals surface area contributed by atoms with Gasteiger partial charge in [0, 0.05) is 59.3 Å². The molecule has 13 heteroatoms. The van der Waals surface area contributed by atoms with Gasteiger partial charge in [0.05, 0.1) is 24.3 Å². The second-order valence-corrected chi connectivity index (χ2v) is 11.6. The van der Waals surface area contributed by atoms with Crippen molar-refractivity contribution in [1.82, 2.24) is 30.0 Å². The number of hydrogen-bond acceptors (Lipinski definition) is 9. The highest BCUT2D eigenvalue weighted by atomic mass is 35.5. The zero-order valence-corrected chi connectivity index (χ0v) is 28.7. The molecule has 1 aliphatic rings. The predicted octanol–water partition coefficient (Wildman–Crippen LogP) is 6.52. The molecule has 3 aromatic carbocycles. The van der Waals surface area contributed by atoms with Crippen LogP contribution < -0.4 is 20.1 Å². The first-order valence-corrected chi connectivity index (χ1v) is 15.4. The van der Waals surface area contributed by atoms with E-state index < -0.39 is 0 Å². The molecule has 3 N–H and O–H groups in total. The average molecular weight is 682 g/mol. The zero-order chi connectivity index (χ0) is 31.3. The molecule has 1 fully saturated rings. The number of amides is 1. The second kappa shape index (κ2) is 16.1. The van der Waals surface area contributed by atoms with Gasteiger partial charge in [0.1, 0.15) is 12.4 Å². The Kier molecular flexibility index (Phi) is 12.2. The van der Waals surface area contributed by atoms with E-state index in [1.165, 1.54) is 6.42 Å². The minimum Gasteiger partial charge on any atom is -0.493 e. The predicted molar refractivity (Wildman–Crippen MR) is 193 cm³/mol. The Morgan fingerprint density at radius 1 is 1.06 bits per heavy atom. The third-order valence-corrected chi connectivity index (χ3v) is 8.21. The summed E-state index contributed by atoms with van der Waals surface area (Å²) in [7, 11) is 5.91. The van der Waals surface area contributed by atoms with Crippen LogP contribution in [0.2, 0.25) is 0 Å². The van der Waals surface area contributed by atoms with E-state index in [2.05, 4.69) is 44.7 Å². The van der Waals surface area contributed by atoms with E-state index in [4.69, 9.17) is 19.4 Å². The summed E-state index contributed by atoms with van der Waals surface area (Å²) < 4.78 is 12.1. The van der Waals surface area contributed by atoms with E-state index in [9.17, 15) is 4.79 Å². The summed E-state index contributed by atoms with van der Waals surface area (Å²) >= 11 is 0. The minimum absolute atomic E-state index is 0. The SMILES string of the molecule is CCCC(=O)Nc1cccc(-c2nc(Nc3ccc4[nH]ncc4c3)c3cc(OCCN4CCC(N(C)C)C4)c(OC)cc3n2)c1.Cl.Cl. The molecule has 1 amide bonds. The highest BCUT2D eigenvalue weighted by Gasteiger charge is 2.24. The number of nitrogens with zero attached hydrogens (tertiary/aromatic N) is 5. The van der Waals surface area contributed by atoms with Crippen molar-refractivity contribution in [1.29, 1.82) is 0 Å². The normalized spacial score (nSPS) is 14.5. The number of fused-ring (bicyclic) bond motifs is 2. The Morgan fingerprint density at radius 2 is 1.91 bits per heavy atom. The van der Waals surface area contributed by atoms with Gasteiger partial charge in [0.15, 0.2) is 17.3 Å². The van der Waals surface area contributed by atoms with Gasteiger partial charge in [-0.15, -0.1) is 24.8 Å². The minimum atomic E-state index is -0.0226. The number of carbonyl (C=O) groups is 1.